The van der Waals surface area contributed by atoms with Crippen LogP contribution in [0.3, 0.4) is 0 Å². The van der Waals surface area contributed by atoms with Crippen LogP contribution in [0, 0.1) is 5.82 Å². The second-order valence-corrected chi connectivity index (χ2v) is 3.88. The van der Waals surface area contributed by atoms with Crippen LogP contribution in [-0.4, -0.2) is 22.0 Å². The molecule has 102 valence electrons. The number of pyridine rings is 1. The first-order chi connectivity index (χ1) is 9.47. The highest BCUT2D eigenvalue weighted by atomic mass is 19.1. The third-order valence-corrected chi connectivity index (χ3v) is 2.47. The van der Waals surface area contributed by atoms with Crippen LogP contribution in [0.1, 0.15) is 20.8 Å². The van der Waals surface area contributed by atoms with Crippen molar-refractivity contribution >= 4 is 17.6 Å². The van der Waals surface area contributed by atoms with Gasteiger partial charge in [-0.2, -0.15) is 0 Å². The number of carbonyl (C=O) groups is 2. The van der Waals surface area contributed by atoms with Gasteiger partial charge in [0, 0.05) is 6.07 Å². The molecule has 1 aromatic carbocycles. The summed E-state index contributed by atoms with van der Waals surface area (Å²) in [5, 5.41) is 11.2. The molecule has 0 atom stereocenters. The number of amides is 1. The summed E-state index contributed by atoms with van der Waals surface area (Å²) in [6.45, 7) is 0. The fourth-order valence-electron chi connectivity index (χ4n) is 1.57. The second-order valence-electron chi connectivity index (χ2n) is 3.88. The second kappa shape index (κ2) is 5.35. The Bertz CT molecular complexity index is 739. The van der Waals surface area contributed by atoms with Crippen LogP contribution in [0.2, 0.25) is 0 Å². The number of anilines is 1. The molecule has 7 heteroatoms. The predicted octanol–water partition coefficient (Wildman–Crippen LogP) is 1.46. The molecule has 0 spiro atoms. The largest absolute Gasteiger partial charge is 0.478 e. The van der Waals surface area contributed by atoms with Crippen molar-refractivity contribution in [3.8, 4) is 0 Å². The SMILES string of the molecule is O=C(Nc1ccc(F)cc1C(=O)O)c1cccc(=O)[nH]1. The van der Waals surface area contributed by atoms with Crippen molar-refractivity contribution in [3.05, 3.63) is 63.8 Å². The maximum atomic E-state index is 13.0. The van der Waals surface area contributed by atoms with Crippen LogP contribution < -0.4 is 10.9 Å². The Morgan fingerprint density at radius 2 is 1.95 bits per heavy atom. The van der Waals surface area contributed by atoms with E-state index < -0.39 is 23.3 Å². The molecule has 3 N–H and O–H groups in total. The van der Waals surface area contributed by atoms with E-state index in [1.165, 1.54) is 18.2 Å². The van der Waals surface area contributed by atoms with E-state index in [1.54, 1.807) is 0 Å². The maximum Gasteiger partial charge on any atom is 0.337 e. The normalized spacial score (nSPS) is 10.1. The van der Waals surface area contributed by atoms with E-state index in [4.69, 9.17) is 5.11 Å². The number of hydrogen-bond donors (Lipinski definition) is 3. The van der Waals surface area contributed by atoms with Crippen LogP contribution in [0.25, 0.3) is 0 Å². The fourth-order valence-corrected chi connectivity index (χ4v) is 1.57. The molecule has 0 saturated heterocycles. The summed E-state index contributed by atoms with van der Waals surface area (Å²) >= 11 is 0. The number of H-pyrrole nitrogens is 1. The molecule has 1 heterocycles. The number of nitrogens with one attached hydrogen (secondary N) is 2. The van der Waals surface area contributed by atoms with E-state index in [-0.39, 0.29) is 16.9 Å². The van der Waals surface area contributed by atoms with Crippen LogP contribution >= 0.6 is 0 Å². The van der Waals surface area contributed by atoms with Crippen molar-refractivity contribution in [2.45, 2.75) is 0 Å². The molecule has 0 bridgehead atoms. The molecule has 0 saturated carbocycles. The first-order valence-corrected chi connectivity index (χ1v) is 5.51. The number of aromatic nitrogens is 1. The number of halogens is 1. The monoisotopic (exact) mass is 276 g/mol. The topological polar surface area (TPSA) is 99.3 Å². The van der Waals surface area contributed by atoms with Crippen LogP contribution in [0.5, 0.6) is 0 Å². The number of rotatable bonds is 3. The van der Waals surface area contributed by atoms with Gasteiger partial charge in [0.05, 0.1) is 11.3 Å². The lowest BCUT2D eigenvalue weighted by Crippen LogP contribution is -2.19. The molecule has 6 nitrogen and oxygen atoms in total. The number of carbonyl (C=O) groups excluding carboxylic acids is 1. The Morgan fingerprint density at radius 3 is 2.60 bits per heavy atom. The van der Waals surface area contributed by atoms with Gasteiger partial charge in [-0.15, -0.1) is 0 Å². The molecule has 2 aromatic rings. The Labute approximate surface area is 111 Å². The Morgan fingerprint density at radius 1 is 1.20 bits per heavy atom. The number of carboxylic acid groups (broad SMARTS) is 1. The van der Waals surface area contributed by atoms with E-state index >= 15 is 0 Å². The van der Waals surface area contributed by atoms with Crippen molar-refractivity contribution < 1.29 is 19.1 Å². The highest BCUT2D eigenvalue weighted by Crippen LogP contribution is 2.17. The summed E-state index contributed by atoms with van der Waals surface area (Å²) < 4.78 is 13.0. The van der Waals surface area contributed by atoms with E-state index in [0.29, 0.717) is 0 Å². The van der Waals surface area contributed by atoms with Gasteiger partial charge in [-0.3, -0.25) is 9.59 Å². The first-order valence-electron chi connectivity index (χ1n) is 5.51. The molecule has 20 heavy (non-hydrogen) atoms. The van der Waals surface area contributed by atoms with Crippen LogP contribution in [0.4, 0.5) is 10.1 Å². The summed E-state index contributed by atoms with van der Waals surface area (Å²) in [5.74, 6) is -2.80. The molecular formula is C13H9FN2O4. The highest BCUT2D eigenvalue weighted by molar-refractivity contribution is 6.06. The Balaban J connectivity index is 2.33. The van der Waals surface area contributed by atoms with Gasteiger partial charge < -0.3 is 15.4 Å². The van der Waals surface area contributed by atoms with Gasteiger partial charge in [0.15, 0.2) is 0 Å². The van der Waals surface area contributed by atoms with Gasteiger partial charge in [0.25, 0.3) is 5.91 Å². The van der Waals surface area contributed by atoms with Crippen molar-refractivity contribution in [2.24, 2.45) is 0 Å². The lowest BCUT2D eigenvalue weighted by atomic mass is 10.1. The molecule has 0 radical (unpaired) electrons. The zero-order chi connectivity index (χ0) is 14.7. The lowest BCUT2D eigenvalue weighted by Gasteiger charge is -2.08. The quantitative estimate of drug-likeness (QED) is 0.790. The Hall–Kier alpha value is -2.96. The molecule has 1 aromatic heterocycles. The summed E-state index contributed by atoms with van der Waals surface area (Å²) in [6.07, 6.45) is 0. The number of hydrogen-bond acceptors (Lipinski definition) is 3. The molecule has 0 unspecified atom stereocenters. The first kappa shape index (κ1) is 13.5. The minimum atomic E-state index is -1.37. The van der Waals surface area contributed by atoms with Crippen molar-refractivity contribution in [1.82, 2.24) is 4.98 Å². The van der Waals surface area contributed by atoms with Gasteiger partial charge in [0.1, 0.15) is 11.5 Å². The molecule has 2 rings (SSSR count). The third-order valence-electron chi connectivity index (χ3n) is 2.47. The maximum absolute atomic E-state index is 13.0. The van der Waals surface area contributed by atoms with Gasteiger partial charge in [0.2, 0.25) is 5.56 Å². The van der Waals surface area contributed by atoms with Gasteiger partial charge in [-0.05, 0) is 24.3 Å². The van der Waals surface area contributed by atoms with E-state index in [9.17, 15) is 18.8 Å². The van der Waals surface area contributed by atoms with E-state index in [2.05, 4.69) is 10.3 Å². The molecule has 0 fully saturated rings. The smallest absolute Gasteiger partial charge is 0.337 e. The van der Waals surface area contributed by atoms with Crippen molar-refractivity contribution in [2.75, 3.05) is 5.32 Å². The molecule has 0 aliphatic rings. The lowest BCUT2D eigenvalue weighted by molar-refractivity contribution is 0.0697. The number of carboxylic acids is 1. The van der Waals surface area contributed by atoms with Crippen LogP contribution in [0.15, 0.2) is 41.2 Å². The zero-order valence-electron chi connectivity index (χ0n) is 10.0. The minimum absolute atomic E-state index is 0.0295. The van der Waals surface area contributed by atoms with Gasteiger partial charge in [-0.1, -0.05) is 6.07 Å². The standard InChI is InChI=1S/C13H9FN2O4/c14-7-4-5-9(8(6-7)13(19)20)16-12(18)10-2-1-3-11(17)15-10/h1-6H,(H,15,17)(H,16,18)(H,19,20). The van der Waals surface area contributed by atoms with Crippen molar-refractivity contribution in [3.63, 3.8) is 0 Å². The van der Waals surface area contributed by atoms with Gasteiger partial charge >= 0.3 is 5.97 Å². The summed E-state index contributed by atoms with van der Waals surface area (Å²) in [6, 6.07) is 6.94. The summed E-state index contributed by atoms with van der Waals surface area (Å²) in [4.78, 5) is 36.2. The number of aromatic carboxylic acids is 1. The minimum Gasteiger partial charge on any atom is -0.478 e. The van der Waals surface area contributed by atoms with E-state index in [1.807, 2.05) is 0 Å². The average molecular weight is 276 g/mol. The van der Waals surface area contributed by atoms with Crippen LogP contribution in [-0.2, 0) is 0 Å². The predicted molar refractivity (Wildman–Crippen MR) is 68.4 cm³/mol. The fraction of sp³-hybridized carbons (Fsp3) is 0. The molecule has 0 aliphatic carbocycles. The molecular weight excluding hydrogens is 267 g/mol. The zero-order valence-corrected chi connectivity index (χ0v) is 10.0. The number of benzene rings is 1. The Kier molecular flexibility index (Phi) is 3.60. The third kappa shape index (κ3) is 2.89. The van der Waals surface area contributed by atoms with Gasteiger partial charge in [-0.25, -0.2) is 9.18 Å². The van der Waals surface area contributed by atoms with E-state index in [0.717, 1.165) is 18.2 Å². The highest BCUT2D eigenvalue weighted by Gasteiger charge is 2.14. The molecule has 0 aliphatic heterocycles. The average Bonchev–Trinajstić information content (AvgIpc) is 2.40. The molecule has 1 amide bonds. The number of aromatic amines is 1. The summed E-state index contributed by atoms with van der Waals surface area (Å²) in [5.41, 5.74) is -0.932. The summed E-state index contributed by atoms with van der Waals surface area (Å²) in [7, 11) is 0. The van der Waals surface area contributed by atoms with Crippen molar-refractivity contribution in [1.29, 1.82) is 0 Å².